The van der Waals surface area contributed by atoms with Crippen molar-refractivity contribution in [1.29, 1.82) is 0 Å². The number of fused-ring (bicyclic) bond motifs is 1. The third-order valence-electron chi connectivity index (χ3n) is 3.38. The maximum atomic E-state index is 4.18. The lowest BCUT2D eigenvalue weighted by Crippen LogP contribution is -1.90. The van der Waals surface area contributed by atoms with Crippen molar-refractivity contribution in [2.75, 3.05) is 0 Å². The number of pyridine rings is 1. The summed E-state index contributed by atoms with van der Waals surface area (Å²) < 4.78 is 0. The van der Waals surface area contributed by atoms with Gasteiger partial charge in [0, 0.05) is 35.4 Å². The molecule has 18 heavy (non-hydrogen) atoms. The summed E-state index contributed by atoms with van der Waals surface area (Å²) in [7, 11) is 0. The molecule has 2 heteroatoms. The van der Waals surface area contributed by atoms with Crippen LogP contribution >= 0.6 is 0 Å². The Morgan fingerprint density at radius 3 is 2.83 bits per heavy atom. The highest BCUT2D eigenvalue weighted by Crippen LogP contribution is 2.25. The predicted molar refractivity (Wildman–Crippen MR) is 74.8 cm³/mol. The van der Waals surface area contributed by atoms with Crippen molar-refractivity contribution in [3.05, 3.63) is 65.1 Å². The van der Waals surface area contributed by atoms with Crippen molar-refractivity contribution in [3.63, 3.8) is 0 Å². The van der Waals surface area contributed by atoms with Crippen LogP contribution in [0.1, 0.15) is 22.4 Å². The van der Waals surface area contributed by atoms with Crippen LogP contribution in [-0.2, 0) is 6.42 Å². The number of nitrogens with zero attached hydrogens (tertiary/aromatic N) is 1. The molecule has 1 aromatic carbocycles. The first-order valence-corrected chi connectivity index (χ1v) is 6.21. The molecule has 0 aliphatic rings. The minimum absolute atomic E-state index is 0.934. The molecule has 3 aromatic rings. The molecule has 0 bridgehead atoms. The number of benzene rings is 1. The van der Waals surface area contributed by atoms with E-state index in [0.717, 1.165) is 6.42 Å². The molecule has 0 saturated carbocycles. The van der Waals surface area contributed by atoms with Gasteiger partial charge in [0.25, 0.3) is 0 Å². The second-order valence-corrected chi connectivity index (χ2v) is 4.82. The first kappa shape index (κ1) is 11.0. The zero-order chi connectivity index (χ0) is 12.5. The molecular formula is C16H16N2. The topological polar surface area (TPSA) is 28.7 Å². The van der Waals surface area contributed by atoms with E-state index in [-0.39, 0.29) is 0 Å². The van der Waals surface area contributed by atoms with Gasteiger partial charge in [-0.2, -0.15) is 0 Å². The van der Waals surface area contributed by atoms with E-state index in [0.29, 0.717) is 0 Å². The van der Waals surface area contributed by atoms with Gasteiger partial charge in [-0.05, 0) is 43.2 Å². The Hall–Kier alpha value is -2.09. The van der Waals surface area contributed by atoms with Crippen molar-refractivity contribution in [1.82, 2.24) is 9.97 Å². The smallest absolute Gasteiger partial charge is 0.0459 e. The number of rotatable bonds is 2. The Kier molecular flexibility index (Phi) is 2.63. The Morgan fingerprint density at radius 1 is 1.17 bits per heavy atom. The van der Waals surface area contributed by atoms with Crippen LogP contribution in [0.15, 0.2) is 42.7 Å². The average molecular weight is 236 g/mol. The van der Waals surface area contributed by atoms with E-state index >= 15 is 0 Å². The number of aromatic nitrogens is 2. The minimum atomic E-state index is 0.934. The van der Waals surface area contributed by atoms with Crippen LogP contribution in [0.5, 0.6) is 0 Å². The van der Waals surface area contributed by atoms with Gasteiger partial charge in [-0.1, -0.05) is 17.7 Å². The van der Waals surface area contributed by atoms with E-state index in [1.54, 1.807) is 0 Å². The van der Waals surface area contributed by atoms with Gasteiger partial charge < -0.3 is 4.98 Å². The quantitative estimate of drug-likeness (QED) is 0.721. The lowest BCUT2D eigenvalue weighted by Gasteiger charge is -2.02. The number of hydrogen-bond donors (Lipinski definition) is 1. The van der Waals surface area contributed by atoms with Crippen LogP contribution in [0, 0.1) is 13.8 Å². The number of nitrogens with one attached hydrogen (secondary N) is 1. The zero-order valence-electron chi connectivity index (χ0n) is 10.7. The molecule has 0 spiro atoms. The second-order valence-electron chi connectivity index (χ2n) is 4.82. The summed E-state index contributed by atoms with van der Waals surface area (Å²) >= 11 is 0. The molecular weight excluding hydrogens is 220 g/mol. The van der Waals surface area contributed by atoms with Gasteiger partial charge in [-0.3, -0.25) is 4.98 Å². The van der Waals surface area contributed by atoms with Crippen LogP contribution in [0.25, 0.3) is 10.9 Å². The Bertz CT molecular complexity index is 681. The SMILES string of the molecule is Cc1ccc2[nH]c(C)c(Cc3cccnc3)c2c1. The fourth-order valence-electron chi connectivity index (χ4n) is 2.43. The van der Waals surface area contributed by atoms with E-state index in [2.05, 4.69) is 48.1 Å². The van der Waals surface area contributed by atoms with Gasteiger partial charge >= 0.3 is 0 Å². The summed E-state index contributed by atoms with van der Waals surface area (Å²) in [6.45, 7) is 4.27. The summed E-state index contributed by atoms with van der Waals surface area (Å²) in [5, 5.41) is 1.33. The molecule has 2 aromatic heterocycles. The average Bonchev–Trinajstić information content (AvgIpc) is 2.67. The van der Waals surface area contributed by atoms with Crippen LogP contribution in [0.3, 0.4) is 0 Å². The lowest BCUT2D eigenvalue weighted by atomic mass is 10.0. The molecule has 0 fully saturated rings. The number of aryl methyl sites for hydroxylation is 2. The fraction of sp³-hybridized carbons (Fsp3) is 0.188. The minimum Gasteiger partial charge on any atom is -0.358 e. The predicted octanol–water partition coefficient (Wildman–Crippen LogP) is 3.77. The third-order valence-corrected chi connectivity index (χ3v) is 3.38. The van der Waals surface area contributed by atoms with Crippen molar-refractivity contribution >= 4 is 10.9 Å². The highest BCUT2D eigenvalue weighted by molar-refractivity contribution is 5.85. The van der Waals surface area contributed by atoms with Gasteiger partial charge in [0.05, 0.1) is 0 Å². The molecule has 0 aliphatic carbocycles. The van der Waals surface area contributed by atoms with Crippen molar-refractivity contribution < 1.29 is 0 Å². The summed E-state index contributed by atoms with van der Waals surface area (Å²) in [5.41, 5.74) is 6.40. The molecule has 0 radical (unpaired) electrons. The summed E-state index contributed by atoms with van der Waals surface area (Å²) in [5.74, 6) is 0. The number of aromatic amines is 1. The van der Waals surface area contributed by atoms with Crippen LogP contribution in [0.2, 0.25) is 0 Å². The Balaban J connectivity index is 2.11. The zero-order valence-corrected chi connectivity index (χ0v) is 10.7. The molecule has 0 saturated heterocycles. The van der Waals surface area contributed by atoms with E-state index in [1.807, 2.05) is 18.5 Å². The molecule has 0 unspecified atom stereocenters. The summed E-state index contributed by atoms with van der Waals surface area (Å²) in [6, 6.07) is 10.7. The second kappa shape index (κ2) is 4.30. The summed E-state index contributed by atoms with van der Waals surface area (Å²) in [4.78, 5) is 7.64. The fourth-order valence-corrected chi connectivity index (χ4v) is 2.43. The van der Waals surface area contributed by atoms with E-state index < -0.39 is 0 Å². The molecule has 0 aliphatic heterocycles. The van der Waals surface area contributed by atoms with E-state index in [9.17, 15) is 0 Å². The third kappa shape index (κ3) is 1.90. The monoisotopic (exact) mass is 236 g/mol. The molecule has 3 rings (SSSR count). The molecule has 2 heterocycles. The van der Waals surface area contributed by atoms with Gasteiger partial charge in [0.15, 0.2) is 0 Å². The van der Waals surface area contributed by atoms with Crippen LogP contribution < -0.4 is 0 Å². The first-order valence-electron chi connectivity index (χ1n) is 6.21. The van der Waals surface area contributed by atoms with E-state index in [1.165, 1.54) is 33.3 Å². The molecule has 1 N–H and O–H groups in total. The molecule has 90 valence electrons. The van der Waals surface area contributed by atoms with Crippen molar-refractivity contribution in [3.8, 4) is 0 Å². The first-order chi connectivity index (χ1) is 8.74. The van der Waals surface area contributed by atoms with Crippen molar-refractivity contribution in [2.45, 2.75) is 20.3 Å². The van der Waals surface area contributed by atoms with Gasteiger partial charge in [-0.15, -0.1) is 0 Å². The van der Waals surface area contributed by atoms with Crippen molar-refractivity contribution in [2.24, 2.45) is 0 Å². The van der Waals surface area contributed by atoms with Crippen LogP contribution in [0.4, 0.5) is 0 Å². The Labute approximate surface area is 107 Å². The number of hydrogen-bond acceptors (Lipinski definition) is 1. The van der Waals surface area contributed by atoms with Gasteiger partial charge in [-0.25, -0.2) is 0 Å². The summed E-state index contributed by atoms with van der Waals surface area (Å²) in [6.07, 6.45) is 4.69. The molecule has 0 atom stereocenters. The maximum Gasteiger partial charge on any atom is 0.0459 e. The highest BCUT2D eigenvalue weighted by atomic mass is 14.7. The maximum absolute atomic E-state index is 4.18. The normalized spacial score (nSPS) is 11.0. The highest BCUT2D eigenvalue weighted by Gasteiger charge is 2.09. The number of H-pyrrole nitrogens is 1. The largest absolute Gasteiger partial charge is 0.358 e. The Morgan fingerprint density at radius 2 is 2.06 bits per heavy atom. The van der Waals surface area contributed by atoms with Crippen LogP contribution in [-0.4, -0.2) is 9.97 Å². The van der Waals surface area contributed by atoms with E-state index in [4.69, 9.17) is 0 Å². The molecule has 2 nitrogen and oxygen atoms in total. The molecule has 0 amide bonds. The van der Waals surface area contributed by atoms with Gasteiger partial charge in [0.1, 0.15) is 0 Å². The standard InChI is InChI=1S/C16H16N2/c1-11-5-6-16-15(8-11)14(12(2)18-16)9-13-4-3-7-17-10-13/h3-8,10,18H,9H2,1-2H3. The lowest BCUT2D eigenvalue weighted by molar-refractivity contribution is 1.12. The van der Waals surface area contributed by atoms with Gasteiger partial charge in [0.2, 0.25) is 0 Å².